The minimum Gasteiger partial charge on any atom is -0.459 e. The normalized spacial score (nSPS) is 16.2. The summed E-state index contributed by atoms with van der Waals surface area (Å²) in [5.74, 6) is 2.14. The maximum absolute atomic E-state index is 13.7. The number of nitrogens with one attached hydrogen (secondary N) is 3. The van der Waals surface area contributed by atoms with Crippen LogP contribution in [0.25, 0.3) is 10.8 Å². The van der Waals surface area contributed by atoms with E-state index in [1.807, 2.05) is 25.1 Å². The molecule has 0 radical (unpaired) electrons. The molecule has 0 saturated carbocycles. The molecule has 12 heteroatoms. The van der Waals surface area contributed by atoms with Crippen molar-refractivity contribution in [3.63, 3.8) is 0 Å². The van der Waals surface area contributed by atoms with Crippen LogP contribution in [0.3, 0.4) is 0 Å². The highest BCUT2D eigenvalue weighted by Gasteiger charge is 2.32. The van der Waals surface area contributed by atoms with Gasteiger partial charge in [-0.1, -0.05) is 49.4 Å². The molecule has 2 aromatic carbocycles. The number of aromatic nitrogens is 3. The Morgan fingerprint density at radius 2 is 1.83 bits per heavy atom. The number of carbonyl (C=O) groups excluding carboxylic acids is 1. The summed E-state index contributed by atoms with van der Waals surface area (Å²) in [5.41, 5.74) is 2.54. The molecule has 4 aromatic rings. The van der Waals surface area contributed by atoms with Crippen molar-refractivity contribution in [2.24, 2.45) is 0 Å². The molecule has 0 amide bonds. The SMILES string of the molecule is CCc1c(NC[C@H](NS(=O)(=O)c2cccc3ccccc23)C(=O)OC(C)(C)C)ncnc1N1CCC(c2ccc3c(n2)NCCC3)CC1. The van der Waals surface area contributed by atoms with E-state index >= 15 is 0 Å². The van der Waals surface area contributed by atoms with Crippen LogP contribution in [0.5, 0.6) is 0 Å². The van der Waals surface area contributed by atoms with Crippen LogP contribution in [-0.2, 0) is 32.4 Å². The van der Waals surface area contributed by atoms with Crippen molar-refractivity contribution < 1.29 is 17.9 Å². The summed E-state index contributed by atoms with van der Waals surface area (Å²) in [6, 6.07) is 15.5. The molecule has 0 spiro atoms. The number of aryl methyl sites for hydroxylation is 1. The monoisotopic (exact) mass is 671 g/mol. The summed E-state index contributed by atoms with van der Waals surface area (Å²) in [5, 5.41) is 8.07. The summed E-state index contributed by atoms with van der Waals surface area (Å²) in [6.07, 6.45) is 6.30. The Balaban J connectivity index is 1.18. The number of rotatable bonds is 10. The van der Waals surface area contributed by atoms with Gasteiger partial charge in [0.2, 0.25) is 10.0 Å². The maximum Gasteiger partial charge on any atom is 0.326 e. The summed E-state index contributed by atoms with van der Waals surface area (Å²) in [4.78, 5) is 29.9. The van der Waals surface area contributed by atoms with Gasteiger partial charge in [-0.15, -0.1) is 0 Å². The van der Waals surface area contributed by atoms with Gasteiger partial charge in [0.25, 0.3) is 0 Å². The topological polar surface area (TPSA) is 138 Å². The fraction of sp³-hybridized carbons (Fsp3) is 0.444. The van der Waals surface area contributed by atoms with Crippen LogP contribution in [-0.4, -0.2) is 67.2 Å². The molecular formula is C36H45N7O4S. The Kier molecular flexibility index (Phi) is 9.84. The average Bonchev–Trinajstić information content (AvgIpc) is 3.08. The molecule has 4 heterocycles. The van der Waals surface area contributed by atoms with Crippen molar-refractivity contribution in [2.75, 3.05) is 41.7 Å². The third kappa shape index (κ3) is 7.55. The number of esters is 1. The largest absolute Gasteiger partial charge is 0.459 e. The second kappa shape index (κ2) is 14.1. The molecule has 11 nitrogen and oxygen atoms in total. The van der Waals surface area contributed by atoms with Crippen molar-refractivity contribution in [3.05, 3.63) is 77.7 Å². The molecule has 2 aromatic heterocycles. The first-order chi connectivity index (χ1) is 23.0. The number of hydrogen-bond acceptors (Lipinski definition) is 10. The van der Waals surface area contributed by atoms with E-state index in [1.165, 1.54) is 18.0 Å². The second-order valence-electron chi connectivity index (χ2n) is 13.5. The smallest absolute Gasteiger partial charge is 0.326 e. The Hall–Kier alpha value is -4.29. The number of ether oxygens (including phenoxy) is 1. The van der Waals surface area contributed by atoms with E-state index < -0.39 is 27.6 Å². The summed E-state index contributed by atoms with van der Waals surface area (Å²) in [6.45, 7) is 9.85. The Labute approximate surface area is 283 Å². The zero-order valence-corrected chi connectivity index (χ0v) is 28.9. The first-order valence-electron chi connectivity index (χ1n) is 16.8. The third-order valence-electron chi connectivity index (χ3n) is 8.91. The van der Waals surface area contributed by atoms with Gasteiger partial charge in [0, 0.05) is 48.7 Å². The van der Waals surface area contributed by atoms with Gasteiger partial charge in [-0.3, -0.25) is 4.79 Å². The van der Waals surface area contributed by atoms with Crippen LogP contribution in [0.2, 0.25) is 0 Å². The molecule has 6 rings (SSSR count). The molecule has 2 aliphatic rings. The van der Waals surface area contributed by atoms with Crippen molar-refractivity contribution >= 4 is 44.2 Å². The molecular weight excluding hydrogens is 627 g/mol. The van der Waals surface area contributed by atoms with Gasteiger partial charge >= 0.3 is 5.97 Å². The Bertz CT molecular complexity index is 1880. The quantitative estimate of drug-likeness (QED) is 0.187. The summed E-state index contributed by atoms with van der Waals surface area (Å²) in [7, 11) is -4.11. The predicted octanol–water partition coefficient (Wildman–Crippen LogP) is 5.43. The fourth-order valence-electron chi connectivity index (χ4n) is 6.54. The van der Waals surface area contributed by atoms with E-state index in [1.54, 1.807) is 39.0 Å². The van der Waals surface area contributed by atoms with Crippen molar-refractivity contribution in [2.45, 2.75) is 82.3 Å². The van der Waals surface area contributed by atoms with Crippen molar-refractivity contribution in [1.82, 2.24) is 19.7 Å². The van der Waals surface area contributed by atoms with Crippen LogP contribution in [0.4, 0.5) is 17.5 Å². The highest BCUT2D eigenvalue weighted by atomic mass is 32.2. The van der Waals surface area contributed by atoms with Crippen LogP contribution in [0.1, 0.15) is 69.7 Å². The molecule has 254 valence electrons. The van der Waals surface area contributed by atoms with Crippen molar-refractivity contribution in [1.29, 1.82) is 0 Å². The maximum atomic E-state index is 13.7. The minimum atomic E-state index is -4.11. The van der Waals surface area contributed by atoms with Crippen molar-refractivity contribution in [3.8, 4) is 0 Å². The number of pyridine rings is 1. The van der Waals surface area contributed by atoms with E-state index in [9.17, 15) is 13.2 Å². The van der Waals surface area contributed by atoms with Gasteiger partial charge in [0.05, 0.1) is 4.90 Å². The zero-order chi connectivity index (χ0) is 33.9. The van der Waals surface area contributed by atoms with E-state index in [4.69, 9.17) is 9.72 Å². The number of fused-ring (bicyclic) bond motifs is 2. The molecule has 2 aliphatic heterocycles. The molecule has 3 N–H and O–H groups in total. The lowest BCUT2D eigenvalue weighted by molar-refractivity contribution is -0.156. The van der Waals surface area contributed by atoms with Gasteiger partial charge in [0.15, 0.2) is 0 Å². The molecule has 0 bridgehead atoms. The number of carbonyl (C=O) groups is 1. The average molecular weight is 672 g/mol. The first-order valence-corrected chi connectivity index (χ1v) is 18.3. The van der Waals surface area contributed by atoms with Crippen LogP contribution >= 0.6 is 0 Å². The molecule has 48 heavy (non-hydrogen) atoms. The predicted molar refractivity (Wildman–Crippen MR) is 189 cm³/mol. The highest BCUT2D eigenvalue weighted by Crippen LogP contribution is 2.33. The highest BCUT2D eigenvalue weighted by molar-refractivity contribution is 7.89. The number of sulfonamides is 1. The Morgan fingerprint density at radius 1 is 1.06 bits per heavy atom. The minimum absolute atomic E-state index is 0.0670. The van der Waals surface area contributed by atoms with E-state index in [0.717, 1.165) is 73.6 Å². The molecule has 0 unspecified atom stereocenters. The lowest BCUT2D eigenvalue weighted by atomic mass is 9.92. The number of piperidine rings is 1. The molecule has 1 saturated heterocycles. The van der Waals surface area contributed by atoms with Gasteiger partial charge in [-0.05, 0) is 76.0 Å². The lowest BCUT2D eigenvalue weighted by Gasteiger charge is -2.34. The molecule has 1 fully saturated rings. The van der Waals surface area contributed by atoms with E-state index in [0.29, 0.717) is 23.5 Å². The first kappa shape index (κ1) is 33.6. The summed E-state index contributed by atoms with van der Waals surface area (Å²) >= 11 is 0. The van der Waals surface area contributed by atoms with Crippen LogP contribution in [0.15, 0.2) is 65.8 Å². The third-order valence-corrected chi connectivity index (χ3v) is 10.4. The number of benzene rings is 2. The van der Waals surface area contributed by atoms with Crippen LogP contribution < -0.4 is 20.3 Å². The number of nitrogens with zero attached hydrogens (tertiary/aromatic N) is 4. The number of anilines is 3. The second-order valence-corrected chi connectivity index (χ2v) is 15.2. The summed E-state index contributed by atoms with van der Waals surface area (Å²) < 4.78 is 35.7. The van der Waals surface area contributed by atoms with Gasteiger partial charge in [0.1, 0.15) is 35.4 Å². The lowest BCUT2D eigenvalue weighted by Crippen LogP contribution is -2.48. The van der Waals surface area contributed by atoms with E-state index in [-0.39, 0.29) is 11.4 Å². The van der Waals surface area contributed by atoms with E-state index in [2.05, 4.69) is 42.4 Å². The molecule has 0 aliphatic carbocycles. The fourth-order valence-corrected chi connectivity index (χ4v) is 7.95. The Morgan fingerprint density at radius 3 is 2.60 bits per heavy atom. The zero-order valence-electron chi connectivity index (χ0n) is 28.1. The standard InChI is InChI=1S/C36H45N7O4S/c1-5-27-33(39-23-40-34(27)43-20-17-25(18-21-43)29-16-15-26-12-9-19-37-32(26)41-29)38-22-30(35(44)47-36(2,3)4)42-48(45,46)31-14-8-11-24-10-6-7-13-28(24)31/h6-8,10-11,13-16,23,25,30,42H,5,9,12,17-22H2,1-4H3,(H,37,41)(H,38,39,40)/t30-/m0/s1. The number of hydrogen-bond donors (Lipinski definition) is 3. The molecule has 1 atom stereocenters. The van der Waals surface area contributed by atoms with Crippen LogP contribution in [0, 0.1) is 0 Å². The van der Waals surface area contributed by atoms with Gasteiger partial charge in [-0.25, -0.2) is 23.4 Å². The van der Waals surface area contributed by atoms with Gasteiger partial charge < -0.3 is 20.3 Å². The van der Waals surface area contributed by atoms with Gasteiger partial charge in [-0.2, -0.15) is 4.72 Å².